The van der Waals surface area contributed by atoms with Crippen molar-refractivity contribution < 1.29 is 4.79 Å². The molecule has 0 spiro atoms. The maximum absolute atomic E-state index is 10.8. The molecular weight excluding hydrogens is 210 g/mol. The first-order chi connectivity index (χ1) is 6.15. The largest absolute Gasteiger partial charge is 0.364 e. The number of thioether (sulfide) groups is 1. The molecule has 1 rings (SSSR count). The minimum atomic E-state index is -0.634. The molecule has 6 heteroatoms. The van der Waals surface area contributed by atoms with Gasteiger partial charge >= 0.3 is 0 Å². The maximum atomic E-state index is 10.8. The summed E-state index contributed by atoms with van der Waals surface area (Å²) >= 11 is 7.08. The number of hydrogen-bond donors (Lipinski definition) is 1. The van der Waals surface area contributed by atoms with E-state index in [4.69, 9.17) is 17.3 Å². The molecule has 0 atom stereocenters. The Morgan fingerprint density at radius 1 is 1.77 bits per heavy atom. The fraction of sp³-hybridized carbons (Fsp3) is 0.286. The van der Waals surface area contributed by atoms with E-state index in [1.807, 2.05) is 6.92 Å². The molecule has 70 valence electrons. The fourth-order valence-corrected chi connectivity index (χ4v) is 1.45. The summed E-state index contributed by atoms with van der Waals surface area (Å²) in [5, 5.41) is 0.702. The van der Waals surface area contributed by atoms with Crippen LogP contribution in [0.15, 0.2) is 11.4 Å². The molecular formula is C7H8ClN3OS. The number of carbonyl (C=O) groups excluding carboxylic acids is 1. The van der Waals surface area contributed by atoms with Gasteiger partial charge in [-0.1, -0.05) is 30.3 Å². The molecule has 0 fully saturated rings. The van der Waals surface area contributed by atoms with Gasteiger partial charge in [0.25, 0.3) is 5.91 Å². The van der Waals surface area contributed by atoms with Crippen molar-refractivity contribution in [3.8, 4) is 0 Å². The Morgan fingerprint density at radius 2 is 2.46 bits per heavy atom. The number of nitrogens with two attached hydrogens (primary N) is 1. The van der Waals surface area contributed by atoms with Crippen LogP contribution in [0.25, 0.3) is 0 Å². The molecule has 0 aliphatic heterocycles. The first kappa shape index (κ1) is 10.3. The zero-order chi connectivity index (χ0) is 9.84. The molecule has 4 nitrogen and oxygen atoms in total. The van der Waals surface area contributed by atoms with Crippen molar-refractivity contribution >= 4 is 29.3 Å². The highest BCUT2D eigenvalue weighted by Gasteiger charge is 2.10. The third-order valence-corrected chi connectivity index (χ3v) is 2.25. The predicted molar refractivity (Wildman–Crippen MR) is 52.0 cm³/mol. The van der Waals surface area contributed by atoms with E-state index in [1.165, 1.54) is 18.0 Å². The normalized spacial score (nSPS) is 10.0. The van der Waals surface area contributed by atoms with Crippen LogP contribution in [-0.4, -0.2) is 21.6 Å². The number of primary amides is 1. The summed E-state index contributed by atoms with van der Waals surface area (Å²) in [6, 6.07) is 0. The number of carbonyl (C=O) groups is 1. The van der Waals surface area contributed by atoms with E-state index in [0.29, 0.717) is 5.16 Å². The summed E-state index contributed by atoms with van der Waals surface area (Å²) in [5.41, 5.74) is 5.13. The molecule has 0 unspecified atom stereocenters. The second kappa shape index (κ2) is 4.43. The molecule has 1 amide bonds. The summed E-state index contributed by atoms with van der Waals surface area (Å²) in [6.07, 6.45) is 1.38. The van der Waals surface area contributed by atoms with Gasteiger partial charge in [0.1, 0.15) is 0 Å². The Balaban J connectivity index is 3.04. The first-order valence-electron chi connectivity index (χ1n) is 3.60. The number of rotatable bonds is 3. The Labute approximate surface area is 84.9 Å². The van der Waals surface area contributed by atoms with Gasteiger partial charge in [-0.15, -0.1) is 0 Å². The molecule has 1 heterocycles. The number of amides is 1. The third kappa shape index (κ3) is 2.57. The summed E-state index contributed by atoms with van der Waals surface area (Å²) in [5.74, 6) is 0.199. The van der Waals surface area contributed by atoms with Gasteiger partial charge < -0.3 is 5.73 Å². The van der Waals surface area contributed by atoms with Crippen molar-refractivity contribution in [1.29, 1.82) is 0 Å². The van der Waals surface area contributed by atoms with E-state index < -0.39 is 5.91 Å². The molecule has 0 aliphatic carbocycles. The number of nitrogens with zero attached hydrogens (tertiary/aromatic N) is 2. The van der Waals surface area contributed by atoms with Crippen LogP contribution < -0.4 is 5.73 Å². The van der Waals surface area contributed by atoms with Crippen LogP contribution >= 0.6 is 23.4 Å². The van der Waals surface area contributed by atoms with Crippen LogP contribution in [0, 0.1) is 0 Å². The third-order valence-electron chi connectivity index (χ3n) is 1.23. The van der Waals surface area contributed by atoms with E-state index in [2.05, 4.69) is 9.97 Å². The van der Waals surface area contributed by atoms with Crippen LogP contribution in [0.4, 0.5) is 0 Å². The van der Waals surface area contributed by atoms with Gasteiger partial charge in [0.2, 0.25) is 0 Å². The minimum absolute atomic E-state index is 0.0765. The zero-order valence-electron chi connectivity index (χ0n) is 6.95. The number of halogens is 1. The lowest BCUT2D eigenvalue weighted by molar-refractivity contribution is 0.0995. The predicted octanol–water partition coefficient (Wildman–Crippen LogP) is 1.34. The smallest absolute Gasteiger partial charge is 0.269 e. The molecule has 0 aromatic carbocycles. The van der Waals surface area contributed by atoms with Crippen LogP contribution in [0.2, 0.25) is 5.02 Å². The molecule has 0 saturated heterocycles. The van der Waals surface area contributed by atoms with Crippen LogP contribution in [0.5, 0.6) is 0 Å². The van der Waals surface area contributed by atoms with Crippen molar-refractivity contribution in [1.82, 2.24) is 9.97 Å². The van der Waals surface area contributed by atoms with Gasteiger partial charge in [0.05, 0.1) is 11.2 Å². The van der Waals surface area contributed by atoms with Gasteiger partial charge in [0, 0.05) is 0 Å². The van der Waals surface area contributed by atoms with Crippen molar-refractivity contribution in [3.63, 3.8) is 0 Å². The molecule has 0 bridgehead atoms. The van der Waals surface area contributed by atoms with Crippen LogP contribution in [0.3, 0.4) is 0 Å². The average molecular weight is 218 g/mol. The molecule has 1 aromatic heterocycles. The van der Waals surface area contributed by atoms with E-state index in [-0.39, 0.29) is 10.7 Å². The molecule has 0 saturated carbocycles. The first-order valence-corrected chi connectivity index (χ1v) is 4.96. The lowest BCUT2D eigenvalue weighted by Crippen LogP contribution is -2.14. The van der Waals surface area contributed by atoms with Crippen molar-refractivity contribution in [3.05, 3.63) is 16.9 Å². The van der Waals surface area contributed by atoms with Gasteiger partial charge in [-0.3, -0.25) is 4.79 Å². The van der Waals surface area contributed by atoms with Gasteiger partial charge in [-0.25, -0.2) is 9.97 Å². The second-order valence-corrected chi connectivity index (χ2v) is 3.78. The molecule has 2 N–H and O–H groups in total. The summed E-state index contributed by atoms with van der Waals surface area (Å²) < 4.78 is 0. The molecule has 0 aliphatic rings. The Hall–Kier alpha value is -0.810. The van der Waals surface area contributed by atoms with Crippen LogP contribution in [0.1, 0.15) is 17.4 Å². The van der Waals surface area contributed by atoms with Gasteiger partial charge in [-0.2, -0.15) is 0 Å². The van der Waals surface area contributed by atoms with Gasteiger partial charge in [-0.05, 0) is 5.75 Å². The lowest BCUT2D eigenvalue weighted by Gasteiger charge is -2.00. The SMILES string of the molecule is CCSc1ncc(Cl)c(C(N)=O)n1. The monoisotopic (exact) mass is 217 g/mol. The van der Waals surface area contributed by atoms with E-state index in [0.717, 1.165) is 5.75 Å². The minimum Gasteiger partial charge on any atom is -0.364 e. The molecule has 1 aromatic rings. The maximum Gasteiger partial charge on any atom is 0.269 e. The van der Waals surface area contributed by atoms with Crippen LogP contribution in [-0.2, 0) is 0 Å². The number of hydrogen-bond acceptors (Lipinski definition) is 4. The van der Waals surface area contributed by atoms with E-state index >= 15 is 0 Å². The van der Waals surface area contributed by atoms with Crippen molar-refractivity contribution in [2.24, 2.45) is 5.73 Å². The zero-order valence-corrected chi connectivity index (χ0v) is 8.52. The highest BCUT2D eigenvalue weighted by molar-refractivity contribution is 7.99. The Morgan fingerprint density at radius 3 is 3.00 bits per heavy atom. The lowest BCUT2D eigenvalue weighted by atomic mass is 10.4. The highest BCUT2D eigenvalue weighted by atomic mass is 35.5. The van der Waals surface area contributed by atoms with Crippen molar-refractivity contribution in [2.75, 3.05) is 5.75 Å². The highest BCUT2D eigenvalue weighted by Crippen LogP contribution is 2.17. The standard InChI is InChI=1S/C7H8ClN3OS/c1-2-13-7-10-3-4(8)5(11-7)6(9)12/h3H,2H2,1H3,(H2,9,12). The summed E-state index contributed by atoms with van der Waals surface area (Å²) in [6.45, 7) is 1.96. The quantitative estimate of drug-likeness (QED) is 0.613. The topological polar surface area (TPSA) is 68.9 Å². The summed E-state index contributed by atoms with van der Waals surface area (Å²) in [7, 11) is 0. The second-order valence-electron chi connectivity index (χ2n) is 2.15. The molecule has 0 radical (unpaired) electrons. The Bertz CT molecular complexity index is 332. The van der Waals surface area contributed by atoms with Crippen molar-refractivity contribution in [2.45, 2.75) is 12.1 Å². The van der Waals surface area contributed by atoms with Gasteiger partial charge in [0.15, 0.2) is 10.9 Å². The number of aromatic nitrogens is 2. The van der Waals surface area contributed by atoms with E-state index in [1.54, 1.807) is 0 Å². The summed E-state index contributed by atoms with van der Waals surface area (Å²) in [4.78, 5) is 18.6. The fourth-order valence-electron chi connectivity index (χ4n) is 0.722. The van der Waals surface area contributed by atoms with E-state index in [9.17, 15) is 4.79 Å². The Kier molecular flexibility index (Phi) is 3.50. The molecule has 13 heavy (non-hydrogen) atoms. The average Bonchev–Trinajstić information content (AvgIpc) is 2.08.